The molecule has 0 saturated heterocycles. The number of rotatable bonds is 6. The smallest absolute Gasteiger partial charge is 0.224 e. The molecule has 122 valence electrons. The van der Waals surface area contributed by atoms with Crippen molar-refractivity contribution in [2.75, 3.05) is 7.11 Å². The molecule has 0 spiro atoms. The number of carbonyl (C=O) groups excluding carboxylic acids is 1. The Morgan fingerprint density at radius 2 is 1.92 bits per heavy atom. The highest BCUT2D eigenvalue weighted by atomic mass is 32.1. The van der Waals surface area contributed by atoms with Crippen LogP contribution in [0.25, 0.3) is 10.6 Å². The van der Waals surface area contributed by atoms with Gasteiger partial charge in [-0.15, -0.1) is 11.3 Å². The first-order valence-corrected chi connectivity index (χ1v) is 8.37. The number of carbonyl (C=O) groups is 1. The fourth-order valence-corrected chi connectivity index (χ4v) is 3.02. The molecule has 6 heteroatoms. The monoisotopic (exact) mass is 339 g/mol. The molecule has 0 aliphatic heterocycles. The summed E-state index contributed by atoms with van der Waals surface area (Å²) in [6.07, 6.45) is 3.82. The summed E-state index contributed by atoms with van der Waals surface area (Å²) < 4.78 is 5.11. The lowest BCUT2D eigenvalue weighted by Crippen LogP contribution is -2.24. The van der Waals surface area contributed by atoms with Gasteiger partial charge in [-0.2, -0.15) is 0 Å². The lowest BCUT2D eigenvalue weighted by Gasteiger charge is -2.05. The van der Waals surface area contributed by atoms with Crippen molar-refractivity contribution < 1.29 is 9.53 Å². The van der Waals surface area contributed by atoms with Crippen molar-refractivity contribution in [1.29, 1.82) is 0 Å². The minimum Gasteiger partial charge on any atom is -0.497 e. The summed E-state index contributed by atoms with van der Waals surface area (Å²) in [5.74, 6) is 0.754. The van der Waals surface area contributed by atoms with Gasteiger partial charge in [-0.1, -0.05) is 12.1 Å². The Hall–Kier alpha value is -2.73. The van der Waals surface area contributed by atoms with Gasteiger partial charge in [-0.3, -0.25) is 9.78 Å². The normalized spacial score (nSPS) is 10.4. The molecular formula is C18H17N3O2S. The highest BCUT2D eigenvalue weighted by Gasteiger charge is 2.07. The summed E-state index contributed by atoms with van der Waals surface area (Å²) in [7, 11) is 1.62. The second-order valence-electron chi connectivity index (χ2n) is 5.18. The Morgan fingerprint density at radius 1 is 1.17 bits per heavy atom. The van der Waals surface area contributed by atoms with Gasteiger partial charge in [0.2, 0.25) is 5.91 Å². The van der Waals surface area contributed by atoms with E-state index in [1.54, 1.807) is 30.8 Å². The first-order valence-electron chi connectivity index (χ1n) is 7.49. The average Bonchev–Trinajstić information content (AvgIpc) is 3.10. The number of ether oxygens (including phenoxy) is 1. The Balaban J connectivity index is 1.53. The first-order chi connectivity index (χ1) is 11.7. The Bertz CT molecular complexity index is 801. The quantitative estimate of drug-likeness (QED) is 0.750. The number of hydrogen-bond donors (Lipinski definition) is 1. The summed E-state index contributed by atoms with van der Waals surface area (Å²) >= 11 is 1.56. The van der Waals surface area contributed by atoms with E-state index in [-0.39, 0.29) is 5.91 Å². The molecule has 3 aromatic rings. The number of nitrogens with one attached hydrogen (secondary N) is 1. The molecule has 3 rings (SSSR count). The zero-order valence-electron chi connectivity index (χ0n) is 13.2. The average molecular weight is 339 g/mol. The van der Waals surface area contributed by atoms with Gasteiger partial charge < -0.3 is 10.1 Å². The fraction of sp³-hybridized carbons (Fsp3) is 0.167. The minimum absolute atomic E-state index is 0.0290. The SMILES string of the molecule is COc1ccc(CC(=O)NCc2csc(-c3ccncc3)n2)cc1. The number of methoxy groups -OCH3 is 1. The van der Waals surface area contributed by atoms with Crippen LogP contribution in [0.2, 0.25) is 0 Å². The molecule has 2 aromatic heterocycles. The Labute approximate surface area is 144 Å². The van der Waals surface area contributed by atoms with Crippen LogP contribution in [0.4, 0.5) is 0 Å². The third kappa shape index (κ3) is 4.17. The van der Waals surface area contributed by atoms with Crippen molar-refractivity contribution in [2.24, 2.45) is 0 Å². The lowest BCUT2D eigenvalue weighted by atomic mass is 10.1. The van der Waals surface area contributed by atoms with E-state index < -0.39 is 0 Å². The fourth-order valence-electron chi connectivity index (χ4n) is 2.20. The summed E-state index contributed by atoms with van der Waals surface area (Å²) in [5, 5.41) is 5.79. The van der Waals surface area contributed by atoms with E-state index in [2.05, 4.69) is 15.3 Å². The molecule has 1 aromatic carbocycles. The molecule has 0 radical (unpaired) electrons. The number of benzene rings is 1. The van der Waals surface area contributed by atoms with Gasteiger partial charge in [0.15, 0.2) is 0 Å². The number of hydrogen-bond acceptors (Lipinski definition) is 5. The van der Waals surface area contributed by atoms with Crippen molar-refractivity contribution in [3.8, 4) is 16.3 Å². The Morgan fingerprint density at radius 3 is 2.62 bits per heavy atom. The van der Waals surface area contributed by atoms with E-state index in [9.17, 15) is 4.79 Å². The highest BCUT2D eigenvalue weighted by Crippen LogP contribution is 2.22. The van der Waals surface area contributed by atoms with Crippen LogP contribution in [0.5, 0.6) is 5.75 Å². The molecule has 0 aliphatic carbocycles. The van der Waals surface area contributed by atoms with Crippen LogP contribution < -0.4 is 10.1 Å². The number of pyridine rings is 1. The predicted octanol–water partition coefficient (Wildman–Crippen LogP) is 3.07. The molecule has 1 N–H and O–H groups in total. The van der Waals surface area contributed by atoms with Crippen LogP contribution in [0.15, 0.2) is 54.2 Å². The molecule has 0 fully saturated rings. The van der Waals surface area contributed by atoms with E-state index >= 15 is 0 Å². The molecule has 0 saturated carbocycles. The molecule has 0 bridgehead atoms. The van der Waals surface area contributed by atoms with E-state index in [0.29, 0.717) is 13.0 Å². The van der Waals surface area contributed by atoms with Crippen molar-refractivity contribution in [3.05, 3.63) is 65.4 Å². The zero-order chi connectivity index (χ0) is 16.8. The van der Waals surface area contributed by atoms with Gasteiger partial charge >= 0.3 is 0 Å². The van der Waals surface area contributed by atoms with Crippen LogP contribution >= 0.6 is 11.3 Å². The van der Waals surface area contributed by atoms with Crippen LogP contribution in [0, 0.1) is 0 Å². The summed E-state index contributed by atoms with van der Waals surface area (Å²) in [6.45, 7) is 0.427. The molecule has 0 atom stereocenters. The number of amides is 1. The van der Waals surface area contributed by atoms with E-state index in [0.717, 1.165) is 27.6 Å². The predicted molar refractivity (Wildman–Crippen MR) is 93.9 cm³/mol. The van der Waals surface area contributed by atoms with Gasteiger partial charge in [-0.25, -0.2) is 4.98 Å². The van der Waals surface area contributed by atoms with Gasteiger partial charge in [0, 0.05) is 23.3 Å². The number of nitrogens with zero attached hydrogens (tertiary/aromatic N) is 2. The molecule has 0 unspecified atom stereocenters. The van der Waals surface area contributed by atoms with Gasteiger partial charge in [0.1, 0.15) is 10.8 Å². The molecule has 1 amide bonds. The number of aromatic nitrogens is 2. The van der Waals surface area contributed by atoms with Crippen molar-refractivity contribution in [2.45, 2.75) is 13.0 Å². The van der Waals surface area contributed by atoms with Gasteiger partial charge in [0.25, 0.3) is 0 Å². The molecule has 0 aliphatic rings. The molecule has 2 heterocycles. The number of thiazole rings is 1. The summed E-state index contributed by atoms with van der Waals surface area (Å²) in [4.78, 5) is 20.6. The molecule has 24 heavy (non-hydrogen) atoms. The minimum atomic E-state index is -0.0290. The van der Waals surface area contributed by atoms with Gasteiger partial charge in [0.05, 0.1) is 25.8 Å². The van der Waals surface area contributed by atoms with Crippen molar-refractivity contribution >= 4 is 17.2 Å². The summed E-state index contributed by atoms with van der Waals surface area (Å²) in [6, 6.07) is 11.3. The lowest BCUT2D eigenvalue weighted by molar-refractivity contribution is -0.120. The standard InChI is InChI=1S/C18H17N3O2S/c1-23-16-4-2-13(3-5-16)10-17(22)20-11-15-12-24-18(21-15)14-6-8-19-9-7-14/h2-9,12H,10-11H2,1H3,(H,20,22). The van der Waals surface area contributed by atoms with E-state index in [1.165, 1.54) is 0 Å². The van der Waals surface area contributed by atoms with Crippen molar-refractivity contribution in [1.82, 2.24) is 15.3 Å². The van der Waals surface area contributed by atoms with Crippen LogP contribution in [0.1, 0.15) is 11.3 Å². The second-order valence-corrected chi connectivity index (χ2v) is 6.04. The van der Waals surface area contributed by atoms with Crippen LogP contribution in [-0.4, -0.2) is 23.0 Å². The maximum absolute atomic E-state index is 12.0. The van der Waals surface area contributed by atoms with E-state index in [4.69, 9.17) is 4.74 Å². The zero-order valence-corrected chi connectivity index (χ0v) is 14.0. The maximum Gasteiger partial charge on any atom is 0.224 e. The van der Waals surface area contributed by atoms with E-state index in [1.807, 2.05) is 41.8 Å². The summed E-state index contributed by atoms with van der Waals surface area (Å²) in [5.41, 5.74) is 2.84. The van der Waals surface area contributed by atoms with Crippen molar-refractivity contribution in [3.63, 3.8) is 0 Å². The first kappa shape index (κ1) is 16.1. The third-order valence-electron chi connectivity index (χ3n) is 3.47. The Kier molecular flexibility index (Phi) is 5.18. The topological polar surface area (TPSA) is 64.1 Å². The highest BCUT2D eigenvalue weighted by molar-refractivity contribution is 7.13. The largest absolute Gasteiger partial charge is 0.497 e. The molecular weight excluding hydrogens is 322 g/mol. The second kappa shape index (κ2) is 7.70. The van der Waals surface area contributed by atoms with Crippen LogP contribution in [0.3, 0.4) is 0 Å². The molecule has 5 nitrogen and oxygen atoms in total. The maximum atomic E-state index is 12.0. The third-order valence-corrected chi connectivity index (χ3v) is 4.41. The van der Waals surface area contributed by atoms with Crippen LogP contribution in [-0.2, 0) is 17.8 Å². The van der Waals surface area contributed by atoms with Gasteiger partial charge in [-0.05, 0) is 29.8 Å².